The minimum absolute atomic E-state index is 0.0535. The molecule has 0 atom stereocenters. The monoisotopic (exact) mass is 214 g/mol. The van der Waals surface area contributed by atoms with Crippen LogP contribution in [-0.2, 0) is 6.54 Å². The Morgan fingerprint density at radius 1 is 1.19 bits per heavy atom. The quantitative estimate of drug-likeness (QED) is 0.768. The number of hydrogen-bond donors (Lipinski definition) is 0. The third-order valence-electron chi connectivity index (χ3n) is 2.76. The molecule has 0 aliphatic heterocycles. The van der Waals surface area contributed by atoms with E-state index in [1.54, 1.807) is 23.0 Å². The lowest BCUT2D eigenvalue weighted by Gasteiger charge is -2.11. The molecular formula is C13H14N2O. The third kappa shape index (κ3) is 1.76. The second-order valence-corrected chi connectivity index (χ2v) is 3.65. The average molecular weight is 214 g/mol. The van der Waals surface area contributed by atoms with Crippen LogP contribution in [0, 0.1) is 6.92 Å². The molecule has 0 aliphatic rings. The Morgan fingerprint density at radius 2 is 1.88 bits per heavy atom. The topological polar surface area (TPSA) is 34.9 Å². The van der Waals surface area contributed by atoms with Gasteiger partial charge in [-0.3, -0.25) is 9.78 Å². The molecule has 2 heterocycles. The van der Waals surface area contributed by atoms with Crippen molar-refractivity contribution in [3.8, 4) is 11.1 Å². The predicted molar refractivity (Wildman–Crippen MR) is 64.3 cm³/mol. The van der Waals surface area contributed by atoms with Gasteiger partial charge in [-0.15, -0.1) is 0 Å². The highest BCUT2D eigenvalue weighted by atomic mass is 16.1. The Hall–Kier alpha value is -1.90. The zero-order valence-corrected chi connectivity index (χ0v) is 9.47. The van der Waals surface area contributed by atoms with Crippen molar-refractivity contribution < 1.29 is 0 Å². The lowest BCUT2D eigenvalue weighted by atomic mass is 10.1. The molecular weight excluding hydrogens is 200 g/mol. The fourth-order valence-corrected chi connectivity index (χ4v) is 1.91. The molecule has 16 heavy (non-hydrogen) atoms. The summed E-state index contributed by atoms with van der Waals surface area (Å²) in [4.78, 5) is 15.6. The van der Waals surface area contributed by atoms with Gasteiger partial charge in [0.1, 0.15) is 0 Å². The summed E-state index contributed by atoms with van der Waals surface area (Å²) in [5, 5.41) is 0. The van der Waals surface area contributed by atoms with E-state index in [1.165, 1.54) is 0 Å². The maximum absolute atomic E-state index is 11.6. The first kappa shape index (κ1) is 10.6. The van der Waals surface area contributed by atoms with Gasteiger partial charge >= 0.3 is 0 Å². The molecule has 0 amide bonds. The van der Waals surface area contributed by atoms with E-state index in [2.05, 4.69) is 4.98 Å². The number of hydrogen-bond acceptors (Lipinski definition) is 2. The van der Waals surface area contributed by atoms with E-state index >= 15 is 0 Å². The minimum Gasteiger partial charge on any atom is -0.313 e. The van der Waals surface area contributed by atoms with Crippen molar-refractivity contribution in [2.45, 2.75) is 20.4 Å². The molecule has 3 heteroatoms. The van der Waals surface area contributed by atoms with E-state index in [9.17, 15) is 4.79 Å². The summed E-state index contributed by atoms with van der Waals surface area (Å²) in [6, 6.07) is 7.39. The predicted octanol–water partition coefficient (Wildman–Crippen LogP) is 2.24. The summed E-state index contributed by atoms with van der Waals surface area (Å²) < 4.78 is 1.77. The van der Waals surface area contributed by atoms with Gasteiger partial charge < -0.3 is 4.57 Å². The van der Waals surface area contributed by atoms with Crippen molar-refractivity contribution in [3.05, 3.63) is 52.7 Å². The fraction of sp³-hybridized carbons (Fsp3) is 0.231. The van der Waals surface area contributed by atoms with Crippen molar-refractivity contribution in [3.63, 3.8) is 0 Å². The molecule has 0 radical (unpaired) electrons. The van der Waals surface area contributed by atoms with E-state index < -0.39 is 0 Å². The first-order chi connectivity index (χ1) is 7.74. The van der Waals surface area contributed by atoms with E-state index in [0.717, 1.165) is 16.8 Å². The molecule has 0 spiro atoms. The van der Waals surface area contributed by atoms with Gasteiger partial charge in [-0.25, -0.2) is 0 Å². The van der Waals surface area contributed by atoms with Gasteiger partial charge in [0, 0.05) is 36.3 Å². The van der Waals surface area contributed by atoms with Crippen molar-refractivity contribution >= 4 is 0 Å². The highest BCUT2D eigenvalue weighted by molar-refractivity contribution is 5.64. The van der Waals surface area contributed by atoms with Gasteiger partial charge in [-0.05, 0) is 37.6 Å². The number of aromatic nitrogens is 2. The van der Waals surface area contributed by atoms with Gasteiger partial charge in [-0.2, -0.15) is 0 Å². The molecule has 2 aromatic rings. The molecule has 0 fully saturated rings. The summed E-state index contributed by atoms with van der Waals surface area (Å²) in [7, 11) is 0. The van der Waals surface area contributed by atoms with Crippen LogP contribution in [0.3, 0.4) is 0 Å². The molecule has 0 N–H and O–H groups in total. The van der Waals surface area contributed by atoms with E-state index in [4.69, 9.17) is 0 Å². The Bertz CT molecular complexity index is 544. The molecule has 3 nitrogen and oxygen atoms in total. The molecule has 0 aliphatic carbocycles. The van der Waals surface area contributed by atoms with Crippen LogP contribution in [0.2, 0.25) is 0 Å². The van der Waals surface area contributed by atoms with E-state index in [-0.39, 0.29) is 5.56 Å². The molecule has 82 valence electrons. The SMILES string of the molecule is CCn1c(C)c(-c2ccncc2)ccc1=O. The second-order valence-electron chi connectivity index (χ2n) is 3.65. The van der Waals surface area contributed by atoms with Crippen molar-refractivity contribution in [2.24, 2.45) is 0 Å². The third-order valence-corrected chi connectivity index (χ3v) is 2.76. The Labute approximate surface area is 94.4 Å². The van der Waals surface area contributed by atoms with Crippen molar-refractivity contribution in [1.29, 1.82) is 0 Å². The van der Waals surface area contributed by atoms with Crippen LogP contribution in [0.5, 0.6) is 0 Å². The van der Waals surface area contributed by atoms with Gasteiger partial charge in [-0.1, -0.05) is 0 Å². The van der Waals surface area contributed by atoms with Gasteiger partial charge in [0.15, 0.2) is 0 Å². The Kier molecular flexibility index (Phi) is 2.86. The zero-order chi connectivity index (χ0) is 11.5. The molecule has 2 aromatic heterocycles. The maximum atomic E-state index is 11.6. The summed E-state index contributed by atoms with van der Waals surface area (Å²) in [6.45, 7) is 4.65. The molecule has 0 bridgehead atoms. The van der Waals surface area contributed by atoms with Crippen LogP contribution >= 0.6 is 0 Å². The van der Waals surface area contributed by atoms with Crippen LogP contribution in [0.15, 0.2) is 41.5 Å². The lowest BCUT2D eigenvalue weighted by Crippen LogP contribution is -2.20. The Morgan fingerprint density at radius 3 is 2.50 bits per heavy atom. The number of nitrogens with zero attached hydrogens (tertiary/aromatic N) is 2. The van der Waals surface area contributed by atoms with E-state index in [1.807, 2.05) is 32.0 Å². The van der Waals surface area contributed by atoms with Crippen molar-refractivity contribution in [1.82, 2.24) is 9.55 Å². The second kappa shape index (κ2) is 4.31. The first-order valence-electron chi connectivity index (χ1n) is 5.35. The summed E-state index contributed by atoms with van der Waals surface area (Å²) in [5.41, 5.74) is 3.23. The smallest absolute Gasteiger partial charge is 0.250 e. The largest absolute Gasteiger partial charge is 0.313 e. The van der Waals surface area contributed by atoms with Crippen molar-refractivity contribution in [2.75, 3.05) is 0 Å². The zero-order valence-electron chi connectivity index (χ0n) is 9.47. The summed E-state index contributed by atoms with van der Waals surface area (Å²) in [6.07, 6.45) is 3.52. The van der Waals surface area contributed by atoms with Gasteiger partial charge in [0.2, 0.25) is 0 Å². The molecule has 0 unspecified atom stereocenters. The first-order valence-corrected chi connectivity index (χ1v) is 5.35. The van der Waals surface area contributed by atoms with Crippen LogP contribution < -0.4 is 5.56 Å². The minimum atomic E-state index is 0.0535. The molecule has 0 saturated heterocycles. The standard InChI is InChI=1S/C13H14N2O/c1-3-15-10(2)12(4-5-13(15)16)11-6-8-14-9-7-11/h4-9H,3H2,1-2H3. The highest BCUT2D eigenvalue weighted by Crippen LogP contribution is 2.20. The normalized spacial score (nSPS) is 10.4. The van der Waals surface area contributed by atoms with E-state index in [0.29, 0.717) is 6.54 Å². The molecule has 0 saturated carbocycles. The maximum Gasteiger partial charge on any atom is 0.250 e. The summed E-state index contributed by atoms with van der Waals surface area (Å²) in [5.74, 6) is 0. The van der Waals surface area contributed by atoms with Crippen LogP contribution in [-0.4, -0.2) is 9.55 Å². The van der Waals surface area contributed by atoms with Crippen LogP contribution in [0.25, 0.3) is 11.1 Å². The Balaban J connectivity index is 2.64. The fourth-order valence-electron chi connectivity index (χ4n) is 1.91. The molecule has 2 rings (SSSR count). The summed E-state index contributed by atoms with van der Waals surface area (Å²) >= 11 is 0. The lowest BCUT2D eigenvalue weighted by molar-refractivity contribution is 0.702. The molecule has 0 aromatic carbocycles. The average Bonchev–Trinajstić information content (AvgIpc) is 2.31. The highest BCUT2D eigenvalue weighted by Gasteiger charge is 2.05. The number of pyridine rings is 2. The van der Waals surface area contributed by atoms with Crippen LogP contribution in [0.1, 0.15) is 12.6 Å². The van der Waals surface area contributed by atoms with Gasteiger partial charge in [0.05, 0.1) is 0 Å². The van der Waals surface area contributed by atoms with Gasteiger partial charge in [0.25, 0.3) is 5.56 Å². The number of rotatable bonds is 2. The van der Waals surface area contributed by atoms with Crippen LogP contribution in [0.4, 0.5) is 0 Å².